The highest BCUT2D eigenvalue weighted by molar-refractivity contribution is 5.84. The monoisotopic (exact) mass is 444 g/mol. The van der Waals surface area contributed by atoms with Crippen molar-refractivity contribution in [2.75, 3.05) is 13.7 Å². The van der Waals surface area contributed by atoms with E-state index < -0.39 is 30.1 Å². The molecule has 0 spiro atoms. The number of hydrogen-bond donors (Lipinski definition) is 1. The second kappa shape index (κ2) is 8.82. The van der Waals surface area contributed by atoms with Gasteiger partial charge in [0.1, 0.15) is 11.4 Å². The minimum absolute atomic E-state index is 0.177. The predicted molar refractivity (Wildman–Crippen MR) is 115 cm³/mol. The number of carbonyl (C=O) groups is 2. The first kappa shape index (κ1) is 22.1. The number of carbonyl (C=O) groups excluding carboxylic acids is 2. The van der Waals surface area contributed by atoms with Gasteiger partial charge in [-0.05, 0) is 45.7 Å². The van der Waals surface area contributed by atoms with Crippen LogP contribution in [0, 0.1) is 0 Å². The lowest BCUT2D eigenvalue weighted by Gasteiger charge is -2.33. The van der Waals surface area contributed by atoms with Crippen LogP contribution in [0.15, 0.2) is 30.5 Å². The van der Waals surface area contributed by atoms with Gasteiger partial charge in [0, 0.05) is 10.9 Å². The topological polar surface area (TPSA) is 105 Å². The largest absolute Gasteiger partial charge is 0.509 e. The third-order valence-corrected chi connectivity index (χ3v) is 5.43. The standard InChI is InChI=1S/C23H28N2O7/c1-23(2,3)32-21(26)25-13-8-9-18(29-12-13)20-19(30-22(27)31-20)15-6-5-7-17-16(15)10-14(28-4)11-24-17/h5-7,10-11,13,18-20H,8-9,12H2,1-4H3,(H,25,26)/t13-,18+,19-,20-/m1/s1. The molecule has 3 heterocycles. The smallest absolute Gasteiger partial charge is 0.495 e. The number of ether oxygens (including phenoxy) is 5. The third kappa shape index (κ3) is 4.88. The zero-order valence-corrected chi connectivity index (χ0v) is 18.6. The number of cyclic esters (lactones) is 2. The van der Waals surface area contributed by atoms with Crippen molar-refractivity contribution in [2.24, 2.45) is 0 Å². The molecule has 2 saturated heterocycles. The highest BCUT2D eigenvalue weighted by Crippen LogP contribution is 2.39. The molecule has 172 valence electrons. The van der Waals surface area contributed by atoms with E-state index >= 15 is 0 Å². The molecule has 9 heteroatoms. The maximum atomic E-state index is 12.1. The first-order valence-electron chi connectivity index (χ1n) is 10.6. The number of hydrogen-bond acceptors (Lipinski definition) is 8. The van der Waals surface area contributed by atoms with Crippen LogP contribution < -0.4 is 10.1 Å². The number of aromatic nitrogens is 1. The number of pyridine rings is 1. The molecule has 4 rings (SSSR count). The summed E-state index contributed by atoms with van der Waals surface area (Å²) in [6.07, 6.45) is 0.0724. The minimum Gasteiger partial charge on any atom is -0.495 e. The molecule has 2 fully saturated rings. The fourth-order valence-corrected chi connectivity index (χ4v) is 4.01. The molecular weight excluding hydrogens is 416 g/mol. The summed E-state index contributed by atoms with van der Waals surface area (Å²) in [7, 11) is 1.57. The Balaban J connectivity index is 1.47. The van der Waals surface area contributed by atoms with Crippen LogP contribution in [0.3, 0.4) is 0 Å². The van der Waals surface area contributed by atoms with Crippen molar-refractivity contribution < 1.29 is 33.3 Å². The van der Waals surface area contributed by atoms with Gasteiger partial charge in [0.05, 0.1) is 37.6 Å². The van der Waals surface area contributed by atoms with Gasteiger partial charge in [-0.25, -0.2) is 9.59 Å². The number of rotatable bonds is 4. The van der Waals surface area contributed by atoms with Gasteiger partial charge in [-0.2, -0.15) is 0 Å². The fourth-order valence-electron chi connectivity index (χ4n) is 4.01. The van der Waals surface area contributed by atoms with Crippen LogP contribution in [-0.4, -0.2) is 54.8 Å². The molecule has 1 amide bonds. The number of fused-ring (bicyclic) bond motifs is 1. The van der Waals surface area contributed by atoms with Crippen LogP contribution in [-0.2, 0) is 18.9 Å². The highest BCUT2D eigenvalue weighted by atomic mass is 16.8. The molecule has 1 aromatic carbocycles. The summed E-state index contributed by atoms with van der Waals surface area (Å²) < 4.78 is 27.7. The van der Waals surface area contributed by atoms with E-state index in [1.165, 1.54) is 0 Å². The lowest BCUT2D eigenvalue weighted by molar-refractivity contribution is -0.0743. The van der Waals surface area contributed by atoms with Gasteiger partial charge in [-0.3, -0.25) is 4.98 Å². The van der Waals surface area contributed by atoms with E-state index in [4.69, 9.17) is 23.7 Å². The Morgan fingerprint density at radius 2 is 2.03 bits per heavy atom. The van der Waals surface area contributed by atoms with Crippen molar-refractivity contribution >= 4 is 23.2 Å². The van der Waals surface area contributed by atoms with E-state index in [0.717, 1.165) is 16.5 Å². The van der Waals surface area contributed by atoms with Crippen LogP contribution in [0.2, 0.25) is 0 Å². The van der Waals surface area contributed by atoms with E-state index in [0.29, 0.717) is 18.6 Å². The van der Waals surface area contributed by atoms with Crippen molar-refractivity contribution in [1.29, 1.82) is 0 Å². The SMILES string of the molecule is COc1cnc2cccc([C@H]3OC(=O)O[C@@H]3[C@@H]3CC[C@@H](NC(=O)OC(C)(C)C)CO3)c2c1. The Bertz CT molecular complexity index is 995. The van der Waals surface area contributed by atoms with Gasteiger partial charge in [0.2, 0.25) is 0 Å². The molecule has 0 radical (unpaired) electrons. The molecule has 0 unspecified atom stereocenters. The van der Waals surface area contributed by atoms with Crippen LogP contribution in [0.25, 0.3) is 10.9 Å². The summed E-state index contributed by atoms with van der Waals surface area (Å²) in [5.41, 5.74) is 0.972. The first-order valence-corrected chi connectivity index (χ1v) is 10.6. The second-order valence-corrected chi connectivity index (χ2v) is 8.95. The summed E-state index contributed by atoms with van der Waals surface area (Å²) in [6.45, 7) is 5.72. The Morgan fingerprint density at radius 3 is 2.72 bits per heavy atom. The van der Waals surface area contributed by atoms with Crippen molar-refractivity contribution in [3.05, 3.63) is 36.0 Å². The highest BCUT2D eigenvalue weighted by Gasteiger charge is 2.45. The van der Waals surface area contributed by atoms with Crippen LogP contribution >= 0.6 is 0 Å². The third-order valence-electron chi connectivity index (χ3n) is 5.43. The first-order chi connectivity index (χ1) is 15.2. The van der Waals surface area contributed by atoms with E-state index in [-0.39, 0.29) is 18.8 Å². The summed E-state index contributed by atoms with van der Waals surface area (Å²) in [5.74, 6) is 0.608. The quantitative estimate of drug-likeness (QED) is 0.708. The Morgan fingerprint density at radius 1 is 1.22 bits per heavy atom. The van der Waals surface area contributed by atoms with E-state index in [1.54, 1.807) is 13.3 Å². The number of benzene rings is 1. The minimum atomic E-state index is -0.731. The summed E-state index contributed by atoms with van der Waals surface area (Å²) in [6, 6.07) is 7.32. The van der Waals surface area contributed by atoms with Gasteiger partial charge in [0.25, 0.3) is 0 Å². The maximum Gasteiger partial charge on any atom is 0.509 e. The average molecular weight is 444 g/mol. The van der Waals surface area contributed by atoms with Crippen molar-refractivity contribution in [3.63, 3.8) is 0 Å². The Kier molecular flexibility index (Phi) is 6.10. The molecule has 0 aliphatic carbocycles. The predicted octanol–water partition coefficient (Wildman–Crippen LogP) is 3.89. The second-order valence-electron chi connectivity index (χ2n) is 8.95. The number of nitrogens with one attached hydrogen (secondary N) is 1. The van der Waals surface area contributed by atoms with Gasteiger partial charge in [-0.15, -0.1) is 0 Å². The number of amides is 1. The van der Waals surface area contributed by atoms with E-state index in [9.17, 15) is 9.59 Å². The summed E-state index contributed by atoms with van der Waals surface area (Å²) in [5, 5.41) is 3.65. The van der Waals surface area contributed by atoms with Gasteiger partial charge in [0.15, 0.2) is 12.2 Å². The average Bonchev–Trinajstić information content (AvgIpc) is 3.13. The van der Waals surface area contributed by atoms with Crippen molar-refractivity contribution in [2.45, 2.75) is 63.6 Å². The number of methoxy groups -OCH3 is 1. The molecule has 1 aromatic heterocycles. The zero-order valence-electron chi connectivity index (χ0n) is 18.6. The Hall–Kier alpha value is -3.07. The zero-order chi connectivity index (χ0) is 22.9. The molecule has 32 heavy (non-hydrogen) atoms. The molecule has 0 bridgehead atoms. The number of nitrogens with zero attached hydrogens (tertiary/aromatic N) is 1. The molecule has 2 aromatic rings. The number of alkyl carbamates (subject to hydrolysis) is 1. The molecule has 4 atom stereocenters. The molecule has 2 aliphatic heterocycles. The molecule has 2 aliphatic rings. The lowest BCUT2D eigenvalue weighted by Crippen LogP contribution is -2.47. The van der Waals surface area contributed by atoms with Crippen molar-refractivity contribution in [3.8, 4) is 5.75 Å². The van der Waals surface area contributed by atoms with Crippen molar-refractivity contribution in [1.82, 2.24) is 10.3 Å². The summed E-state index contributed by atoms with van der Waals surface area (Å²) >= 11 is 0. The maximum absolute atomic E-state index is 12.1. The lowest BCUT2D eigenvalue weighted by atomic mass is 9.92. The van der Waals surface area contributed by atoms with Crippen LogP contribution in [0.1, 0.15) is 45.3 Å². The van der Waals surface area contributed by atoms with Crippen LogP contribution in [0.5, 0.6) is 5.75 Å². The fraction of sp³-hybridized carbons (Fsp3) is 0.522. The molecule has 9 nitrogen and oxygen atoms in total. The van der Waals surface area contributed by atoms with E-state index in [2.05, 4.69) is 10.3 Å². The Labute approximate surface area is 186 Å². The summed E-state index contributed by atoms with van der Waals surface area (Å²) in [4.78, 5) is 28.5. The van der Waals surface area contributed by atoms with Gasteiger partial charge in [-0.1, -0.05) is 12.1 Å². The normalized spacial score (nSPS) is 25.7. The molecule has 0 saturated carbocycles. The van der Waals surface area contributed by atoms with Crippen LogP contribution in [0.4, 0.5) is 9.59 Å². The van der Waals surface area contributed by atoms with Gasteiger partial charge < -0.3 is 29.0 Å². The molecular formula is C23H28N2O7. The van der Waals surface area contributed by atoms with E-state index in [1.807, 2.05) is 45.0 Å². The van der Waals surface area contributed by atoms with Gasteiger partial charge >= 0.3 is 12.2 Å². The molecule has 1 N–H and O–H groups in total.